The predicted octanol–water partition coefficient (Wildman–Crippen LogP) is 1.53. The maximum atomic E-state index is 11.9. The lowest BCUT2D eigenvalue weighted by molar-refractivity contribution is 0.0693. The van der Waals surface area contributed by atoms with E-state index in [1.165, 1.54) is 10.7 Å². The molecule has 2 heterocycles. The van der Waals surface area contributed by atoms with Gasteiger partial charge in [-0.15, -0.1) is 0 Å². The number of nitrogens with zero attached hydrogens (tertiary/aromatic N) is 2. The molecule has 3 rings (SSSR count). The van der Waals surface area contributed by atoms with Crippen molar-refractivity contribution >= 4 is 34.1 Å². The van der Waals surface area contributed by atoms with E-state index < -0.39 is 11.5 Å². The number of carboxylic acids is 1. The molecule has 0 aliphatic carbocycles. The number of H-pyrrole nitrogens is 1. The quantitative estimate of drug-likeness (QED) is 0.697. The minimum absolute atomic E-state index is 0.00253. The molecule has 0 radical (unpaired) electrons. The van der Waals surface area contributed by atoms with Crippen LogP contribution in [-0.2, 0) is 0 Å². The van der Waals surface area contributed by atoms with Gasteiger partial charge in [0.25, 0.3) is 5.56 Å². The Morgan fingerprint density at radius 1 is 1.44 bits per heavy atom. The molecule has 0 saturated carbocycles. The summed E-state index contributed by atoms with van der Waals surface area (Å²) in [7, 11) is 0. The van der Waals surface area contributed by atoms with Gasteiger partial charge in [0.2, 0.25) is 0 Å². The summed E-state index contributed by atoms with van der Waals surface area (Å²) in [6.45, 7) is 0. The Labute approximate surface area is 104 Å². The zero-order chi connectivity index (χ0) is 12.9. The Balaban J connectivity index is 2.59. The number of aromatic nitrogens is 3. The van der Waals surface area contributed by atoms with Gasteiger partial charge in [0.1, 0.15) is 11.8 Å². The van der Waals surface area contributed by atoms with E-state index in [4.69, 9.17) is 16.7 Å². The Morgan fingerprint density at radius 2 is 2.22 bits per heavy atom. The van der Waals surface area contributed by atoms with E-state index in [0.717, 1.165) is 0 Å². The Bertz CT molecular complexity index is 850. The number of hydrogen-bond acceptors (Lipinski definition) is 3. The third-order valence-corrected chi connectivity index (χ3v) is 2.89. The lowest BCUT2D eigenvalue weighted by Gasteiger charge is -2.02. The topological polar surface area (TPSA) is 87.5 Å². The summed E-state index contributed by atoms with van der Waals surface area (Å²) in [5.41, 5.74) is 0.374. The molecule has 0 saturated heterocycles. The number of benzene rings is 1. The second-order valence-corrected chi connectivity index (χ2v) is 4.17. The highest BCUT2D eigenvalue weighted by Gasteiger charge is 2.16. The number of carbonyl (C=O) groups is 1. The molecule has 0 aliphatic heterocycles. The van der Waals surface area contributed by atoms with Gasteiger partial charge in [0, 0.05) is 5.02 Å². The number of halogens is 1. The molecule has 2 aromatic heterocycles. The Kier molecular flexibility index (Phi) is 2.14. The molecule has 0 unspecified atom stereocenters. The molecular weight excluding hydrogens is 258 g/mol. The van der Waals surface area contributed by atoms with Gasteiger partial charge in [-0.1, -0.05) is 11.6 Å². The number of hydrogen-bond donors (Lipinski definition) is 2. The molecule has 18 heavy (non-hydrogen) atoms. The van der Waals surface area contributed by atoms with Gasteiger partial charge >= 0.3 is 5.97 Å². The van der Waals surface area contributed by atoms with Crippen molar-refractivity contribution in [2.45, 2.75) is 0 Å². The van der Waals surface area contributed by atoms with Crippen molar-refractivity contribution in [2.24, 2.45) is 0 Å². The monoisotopic (exact) mass is 263 g/mol. The zero-order valence-corrected chi connectivity index (χ0v) is 9.60. The second-order valence-electron chi connectivity index (χ2n) is 3.73. The van der Waals surface area contributed by atoms with Crippen molar-refractivity contribution in [3.8, 4) is 0 Å². The maximum Gasteiger partial charge on any atom is 0.356 e. The number of rotatable bonds is 1. The zero-order valence-electron chi connectivity index (χ0n) is 8.85. The molecule has 2 N–H and O–H groups in total. The van der Waals surface area contributed by atoms with Gasteiger partial charge in [0.15, 0.2) is 5.69 Å². The highest BCUT2D eigenvalue weighted by molar-refractivity contribution is 6.31. The molecule has 7 heteroatoms. The molecule has 0 fully saturated rings. The van der Waals surface area contributed by atoms with Gasteiger partial charge in [-0.05, 0) is 18.2 Å². The van der Waals surface area contributed by atoms with E-state index in [-0.39, 0.29) is 11.2 Å². The van der Waals surface area contributed by atoms with E-state index in [1.807, 2.05) is 0 Å². The van der Waals surface area contributed by atoms with Crippen LogP contribution in [0.1, 0.15) is 10.5 Å². The van der Waals surface area contributed by atoms with Crippen LogP contribution >= 0.6 is 11.6 Å². The standard InChI is InChI=1S/C11H6ClN3O3/c12-5-1-2-6-7(3-5)15-4-13-8(11(17)18)9(15)10(16)14-6/h1-4H,(H,14,16)(H,17,18). The van der Waals surface area contributed by atoms with E-state index in [9.17, 15) is 9.59 Å². The molecule has 3 aromatic rings. The molecular formula is C11H6ClN3O3. The lowest BCUT2D eigenvalue weighted by Crippen LogP contribution is -2.13. The molecule has 0 aliphatic rings. The van der Waals surface area contributed by atoms with Crippen LogP contribution in [0.15, 0.2) is 29.3 Å². The van der Waals surface area contributed by atoms with Crippen LogP contribution in [0.3, 0.4) is 0 Å². The molecule has 0 amide bonds. The Morgan fingerprint density at radius 3 is 2.94 bits per heavy atom. The highest BCUT2D eigenvalue weighted by Crippen LogP contribution is 2.18. The first-order valence-electron chi connectivity index (χ1n) is 5.00. The average Bonchev–Trinajstić information content (AvgIpc) is 2.76. The summed E-state index contributed by atoms with van der Waals surface area (Å²) in [5, 5.41) is 9.46. The molecule has 0 atom stereocenters. The summed E-state index contributed by atoms with van der Waals surface area (Å²) in [5.74, 6) is -1.25. The van der Waals surface area contributed by atoms with E-state index in [0.29, 0.717) is 16.1 Å². The van der Waals surface area contributed by atoms with Crippen LogP contribution in [0.2, 0.25) is 5.02 Å². The van der Waals surface area contributed by atoms with Crippen LogP contribution in [0.25, 0.3) is 16.6 Å². The molecule has 90 valence electrons. The van der Waals surface area contributed by atoms with Gasteiger partial charge < -0.3 is 10.1 Å². The van der Waals surface area contributed by atoms with Crippen molar-refractivity contribution in [2.75, 3.05) is 0 Å². The summed E-state index contributed by atoms with van der Waals surface area (Å²) in [6.07, 6.45) is 1.30. The normalized spacial score (nSPS) is 11.2. The van der Waals surface area contributed by atoms with Crippen molar-refractivity contribution in [3.05, 3.63) is 45.6 Å². The SMILES string of the molecule is O=C(O)c1ncn2c1c(=O)[nH]c1ccc(Cl)cc12. The van der Waals surface area contributed by atoms with Gasteiger partial charge in [-0.25, -0.2) is 9.78 Å². The first-order chi connectivity index (χ1) is 8.58. The number of imidazole rings is 1. The smallest absolute Gasteiger partial charge is 0.356 e. The van der Waals surface area contributed by atoms with Gasteiger partial charge in [-0.3, -0.25) is 9.20 Å². The van der Waals surface area contributed by atoms with Crippen molar-refractivity contribution < 1.29 is 9.90 Å². The first-order valence-corrected chi connectivity index (χ1v) is 5.37. The van der Waals surface area contributed by atoms with Crippen molar-refractivity contribution in [1.29, 1.82) is 0 Å². The third kappa shape index (κ3) is 1.39. The molecule has 1 aromatic carbocycles. The Hall–Kier alpha value is -2.34. The van der Waals surface area contributed by atoms with Crippen molar-refractivity contribution in [1.82, 2.24) is 14.4 Å². The van der Waals surface area contributed by atoms with Gasteiger partial charge in [-0.2, -0.15) is 0 Å². The summed E-state index contributed by atoms with van der Waals surface area (Å²) >= 11 is 5.89. The van der Waals surface area contributed by atoms with E-state index in [1.54, 1.807) is 18.2 Å². The average molecular weight is 264 g/mol. The van der Waals surface area contributed by atoms with E-state index >= 15 is 0 Å². The predicted molar refractivity (Wildman–Crippen MR) is 65.3 cm³/mol. The third-order valence-electron chi connectivity index (χ3n) is 2.65. The van der Waals surface area contributed by atoms with Crippen LogP contribution in [0.4, 0.5) is 0 Å². The van der Waals surface area contributed by atoms with Crippen LogP contribution in [0, 0.1) is 0 Å². The molecule has 6 nitrogen and oxygen atoms in total. The number of aromatic carboxylic acids is 1. The second kappa shape index (κ2) is 3.58. The number of carboxylic acid groups (broad SMARTS) is 1. The fraction of sp³-hybridized carbons (Fsp3) is 0. The number of fused-ring (bicyclic) bond motifs is 3. The largest absolute Gasteiger partial charge is 0.476 e. The highest BCUT2D eigenvalue weighted by atomic mass is 35.5. The first kappa shape index (κ1) is 10.8. The molecule has 0 bridgehead atoms. The minimum atomic E-state index is -1.25. The van der Waals surface area contributed by atoms with Gasteiger partial charge in [0.05, 0.1) is 11.0 Å². The fourth-order valence-electron chi connectivity index (χ4n) is 1.90. The number of nitrogens with one attached hydrogen (secondary N) is 1. The van der Waals surface area contributed by atoms with Crippen LogP contribution in [-0.4, -0.2) is 25.4 Å². The lowest BCUT2D eigenvalue weighted by atomic mass is 10.3. The minimum Gasteiger partial charge on any atom is -0.476 e. The maximum absolute atomic E-state index is 11.9. The van der Waals surface area contributed by atoms with Crippen LogP contribution in [0.5, 0.6) is 0 Å². The van der Waals surface area contributed by atoms with Crippen molar-refractivity contribution in [3.63, 3.8) is 0 Å². The molecule has 0 spiro atoms. The fourth-order valence-corrected chi connectivity index (χ4v) is 2.06. The van der Waals surface area contributed by atoms with Crippen LogP contribution < -0.4 is 5.56 Å². The number of aromatic amines is 1. The van der Waals surface area contributed by atoms with E-state index in [2.05, 4.69) is 9.97 Å². The summed E-state index contributed by atoms with van der Waals surface area (Å²) < 4.78 is 1.42. The summed E-state index contributed by atoms with van der Waals surface area (Å²) in [4.78, 5) is 29.2. The summed E-state index contributed by atoms with van der Waals surface area (Å²) in [6, 6.07) is 4.92.